The van der Waals surface area contributed by atoms with Gasteiger partial charge in [0.2, 0.25) is 0 Å². The van der Waals surface area contributed by atoms with Gasteiger partial charge in [0, 0.05) is 59.2 Å². The maximum atomic E-state index is 5.92. The molecule has 1 aliphatic heterocycles. The van der Waals surface area contributed by atoms with Crippen molar-refractivity contribution in [1.29, 1.82) is 0 Å². The first-order valence-electron chi connectivity index (χ1n) is 8.75. The molecule has 1 aliphatic rings. The van der Waals surface area contributed by atoms with Crippen molar-refractivity contribution in [3.05, 3.63) is 41.9 Å². The highest BCUT2D eigenvalue weighted by Crippen LogP contribution is 2.21. The summed E-state index contributed by atoms with van der Waals surface area (Å²) in [6.07, 6.45) is 5.72. The number of aromatic nitrogens is 3. The fourth-order valence-corrected chi connectivity index (χ4v) is 2.98. The summed E-state index contributed by atoms with van der Waals surface area (Å²) in [6, 6.07) is 4.10. The summed E-state index contributed by atoms with van der Waals surface area (Å²) in [5.74, 6) is 1.83. The average Bonchev–Trinajstić information content (AvgIpc) is 3.09. The molecule has 3 heterocycles. The molecule has 0 aromatic carbocycles. The van der Waals surface area contributed by atoms with E-state index in [-0.39, 0.29) is 30.1 Å². The van der Waals surface area contributed by atoms with Crippen molar-refractivity contribution < 1.29 is 4.74 Å². The van der Waals surface area contributed by atoms with Crippen molar-refractivity contribution in [2.75, 3.05) is 45.7 Å². The van der Waals surface area contributed by atoms with Crippen molar-refractivity contribution >= 4 is 35.8 Å². The predicted octanol–water partition coefficient (Wildman–Crippen LogP) is 1.65. The van der Waals surface area contributed by atoms with E-state index in [0.717, 1.165) is 30.4 Å². The summed E-state index contributed by atoms with van der Waals surface area (Å²) >= 11 is 0. The van der Waals surface area contributed by atoms with Crippen LogP contribution in [0.15, 0.2) is 35.7 Å². The molecule has 1 fully saturated rings. The molecule has 3 rings (SSSR count). The fourth-order valence-electron chi connectivity index (χ4n) is 2.98. The lowest BCUT2D eigenvalue weighted by Crippen LogP contribution is -2.47. The van der Waals surface area contributed by atoms with Crippen molar-refractivity contribution in [2.24, 2.45) is 12.0 Å². The molecule has 148 valence electrons. The van der Waals surface area contributed by atoms with E-state index in [1.165, 1.54) is 5.56 Å². The third-order valence-corrected chi connectivity index (χ3v) is 4.39. The van der Waals surface area contributed by atoms with Crippen molar-refractivity contribution in [1.82, 2.24) is 25.0 Å². The highest BCUT2D eigenvalue weighted by molar-refractivity contribution is 14.0. The zero-order valence-corrected chi connectivity index (χ0v) is 18.6. The minimum atomic E-state index is 0. The van der Waals surface area contributed by atoms with Gasteiger partial charge in [0.25, 0.3) is 0 Å². The van der Waals surface area contributed by atoms with Crippen LogP contribution in [0.5, 0.6) is 0 Å². The van der Waals surface area contributed by atoms with E-state index in [4.69, 9.17) is 4.74 Å². The number of nitrogens with zero attached hydrogens (tertiary/aromatic N) is 6. The monoisotopic (exact) mass is 485 g/mol. The number of anilines is 1. The molecule has 0 amide bonds. The second-order valence-corrected chi connectivity index (χ2v) is 6.57. The molecule has 0 radical (unpaired) electrons. The summed E-state index contributed by atoms with van der Waals surface area (Å²) in [5, 5.41) is 7.69. The first-order chi connectivity index (χ1) is 12.6. The van der Waals surface area contributed by atoms with Gasteiger partial charge >= 0.3 is 0 Å². The number of aliphatic imine (C=N–C) groups is 1. The lowest BCUT2D eigenvalue weighted by molar-refractivity contribution is -0.00805. The van der Waals surface area contributed by atoms with Crippen LogP contribution in [-0.4, -0.2) is 66.5 Å². The van der Waals surface area contributed by atoms with Crippen LogP contribution < -0.4 is 10.2 Å². The van der Waals surface area contributed by atoms with Crippen LogP contribution in [-0.2, 0) is 18.3 Å². The second-order valence-electron chi connectivity index (χ2n) is 6.57. The lowest BCUT2D eigenvalue weighted by Gasteiger charge is -2.34. The van der Waals surface area contributed by atoms with Crippen molar-refractivity contribution in [3.63, 3.8) is 0 Å². The standard InChI is InChI=1S/C18H27N7O.HI/c1-19-18(21-10-14-5-6-20-17(9-14)23(2)3)25-7-8-26-16(13-25)15-11-22-24(4)12-15;/h5-6,9,11-12,16H,7-8,10,13H2,1-4H3,(H,19,21);1H. The van der Waals surface area contributed by atoms with Crippen LogP contribution in [0.3, 0.4) is 0 Å². The number of halogens is 1. The Morgan fingerprint density at radius 1 is 1.44 bits per heavy atom. The third kappa shape index (κ3) is 5.55. The molecular formula is C18H28IN7O. The number of rotatable bonds is 4. The Kier molecular flexibility index (Phi) is 7.84. The SMILES string of the molecule is CN=C(NCc1ccnc(N(C)C)c1)N1CCOC(c2cnn(C)c2)C1.I. The Labute approximate surface area is 177 Å². The number of hydrogen-bond acceptors (Lipinski definition) is 5. The maximum Gasteiger partial charge on any atom is 0.194 e. The zero-order valence-electron chi connectivity index (χ0n) is 16.3. The minimum Gasteiger partial charge on any atom is -0.370 e. The van der Waals surface area contributed by atoms with Gasteiger partial charge in [0.1, 0.15) is 11.9 Å². The number of pyridine rings is 1. The molecule has 8 nitrogen and oxygen atoms in total. The van der Waals surface area contributed by atoms with Crippen LogP contribution in [0, 0.1) is 0 Å². The first-order valence-corrected chi connectivity index (χ1v) is 8.75. The van der Waals surface area contributed by atoms with Crippen LogP contribution in [0.25, 0.3) is 0 Å². The molecule has 27 heavy (non-hydrogen) atoms. The minimum absolute atomic E-state index is 0. The van der Waals surface area contributed by atoms with Gasteiger partial charge in [-0.2, -0.15) is 5.10 Å². The molecule has 2 aromatic heterocycles. The summed E-state index contributed by atoms with van der Waals surface area (Å²) in [6.45, 7) is 2.94. The Morgan fingerprint density at radius 2 is 2.26 bits per heavy atom. The number of aryl methyl sites for hydroxylation is 1. The maximum absolute atomic E-state index is 5.92. The molecular weight excluding hydrogens is 457 g/mol. The van der Waals surface area contributed by atoms with E-state index in [9.17, 15) is 0 Å². The van der Waals surface area contributed by atoms with Gasteiger partial charge in [-0.05, 0) is 17.7 Å². The van der Waals surface area contributed by atoms with E-state index in [1.807, 2.05) is 57.7 Å². The molecule has 1 N–H and O–H groups in total. The van der Waals surface area contributed by atoms with Gasteiger partial charge < -0.3 is 19.9 Å². The van der Waals surface area contributed by atoms with Gasteiger partial charge in [-0.15, -0.1) is 24.0 Å². The zero-order chi connectivity index (χ0) is 18.5. The number of guanidine groups is 1. The van der Waals surface area contributed by atoms with Crippen LogP contribution in [0.2, 0.25) is 0 Å². The molecule has 1 atom stereocenters. The predicted molar refractivity (Wildman–Crippen MR) is 118 cm³/mol. The molecule has 2 aromatic rings. The molecule has 9 heteroatoms. The molecule has 0 aliphatic carbocycles. The van der Waals surface area contributed by atoms with Crippen LogP contribution >= 0.6 is 24.0 Å². The van der Waals surface area contributed by atoms with Gasteiger partial charge in [-0.1, -0.05) is 0 Å². The van der Waals surface area contributed by atoms with Gasteiger partial charge in [-0.25, -0.2) is 4.98 Å². The van der Waals surface area contributed by atoms with Crippen LogP contribution in [0.1, 0.15) is 17.2 Å². The second kappa shape index (κ2) is 9.88. The van der Waals surface area contributed by atoms with Crippen molar-refractivity contribution in [3.8, 4) is 0 Å². The smallest absolute Gasteiger partial charge is 0.194 e. The third-order valence-electron chi connectivity index (χ3n) is 4.39. The number of nitrogens with one attached hydrogen (secondary N) is 1. The molecule has 0 saturated carbocycles. The summed E-state index contributed by atoms with van der Waals surface area (Å²) in [4.78, 5) is 13.0. The number of ether oxygens (including phenoxy) is 1. The van der Waals surface area contributed by atoms with E-state index in [1.54, 1.807) is 4.68 Å². The summed E-state index contributed by atoms with van der Waals surface area (Å²) in [7, 11) is 7.71. The van der Waals surface area contributed by atoms with E-state index >= 15 is 0 Å². The lowest BCUT2D eigenvalue weighted by atomic mass is 10.1. The molecule has 0 spiro atoms. The molecule has 1 unspecified atom stereocenters. The van der Waals surface area contributed by atoms with Crippen molar-refractivity contribution in [2.45, 2.75) is 12.6 Å². The Hall–Kier alpha value is -1.88. The topological polar surface area (TPSA) is 70.8 Å². The fraction of sp³-hybridized carbons (Fsp3) is 0.500. The summed E-state index contributed by atoms with van der Waals surface area (Å²) < 4.78 is 7.72. The van der Waals surface area contributed by atoms with Gasteiger partial charge in [0.05, 0.1) is 19.3 Å². The van der Waals surface area contributed by atoms with E-state index in [2.05, 4.69) is 31.4 Å². The highest BCUT2D eigenvalue weighted by Gasteiger charge is 2.25. The van der Waals surface area contributed by atoms with Gasteiger partial charge in [0.15, 0.2) is 5.96 Å². The number of morpholine rings is 1. The molecule has 1 saturated heterocycles. The summed E-state index contributed by atoms with van der Waals surface area (Å²) in [5.41, 5.74) is 2.26. The normalized spacial score (nSPS) is 17.4. The van der Waals surface area contributed by atoms with E-state index in [0.29, 0.717) is 13.2 Å². The first kappa shape index (κ1) is 21.4. The molecule has 0 bridgehead atoms. The quantitative estimate of drug-likeness (QED) is 0.404. The largest absolute Gasteiger partial charge is 0.370 e. The van der Waals surface area contributed by atoms with Gasteiger partial charge in [-0.3, -0.25) is 9.67 Å². The van der Waals surface area contributed by atoms with E-state index < -0.39 is 0 Å². The highest BCUT2D eigenvalue weighted by atomic mass is 127. The Bertz CT molecular complexity index is 762. The number of hydrogen-bond donors (Lipinski definition) is 1. The Balaban J connectivity index is 0.00000261. The Morgan fingerprint density at radius 3 is 2.93 bits per heavy atom. The average molecular weight is 485 g/mol. The van der Waals surface area contributed by atoms with Crippen LogP contribution in [0.4, 0.5) is 5.82 Å².